The van der Waals surface area contributed by atoms with Gasteiger partial charge in [-0.1, -0.05) is 30.7 Å². The molecular formula is C21H26ClN3O. The van der Waals surface area contributed by atoms with Crippen LogP contribution in [0.5, 0.6) is 0 Å². The second-order valence-electron chi connectivity index (χ2n) is 7.05. The van der Waals surface area contributed by atoms with Crippen molar-refractivity contribution in [2.45, 2.75) is 32.7 Å². The van der Waals surface area contributed by atoms with Crippen LogP contribution in [0.1, 0.15) is 26.7 Å². The number of rotatable bonds is 5. The summed E-state index contributed by atoms with van der Waals surface area (Å²) in [7, 11) is 0. The van der Waals surface area contributed by atoms with Gasteiger partial charge in [0.2, 0.25) is 5.91 Å². The van der Waals surface area contributed by atoms with Gasteiger partial charge in [0.05, 0.1) is 10.7 Å². The van der Waals surface area contributed by atoms with Gasteiger partial charge >= 0.3 is 0 Å². The van der Waals surface area contributed by atoms with Gasteiger partial charge in [-0.2, -0.15) is 0 Å². The molecule has 26 heavy (non-hydrogen) atoms. The maximum atomic E-state index is 12.4. The van der Waals surface area contributed by atoms with E-state index in [0.29, 0.717) is 10.7 Å². The van der Waals surface area contributed by atoms with Gasteiger partial charge in [0, 0.05) is 24.5 Å². The summed E-state index contributed by atoms with van der Waals surface area (Å²) in [6.07, 6.45) is 2.50. The summed E-state index contributed by atoms with van der Waals surface area (Å²) in [6.45, 7) is 6.39. The van der Waals surface area contributed by atoms with E-state index in [9.17, 15) is 4.79 Å². The van der Waals surface area contributed by atoms with Crippen LogP contribution in [0.2, 0.25) is 5.02 Å². The Kier molecular flexibility index (Phi) is 6.04. The first kappa shape index (κ1) is 18.6. The Balaban J connectivity index is 1.56. The van der Waals surface area contributed by atoms with Crippen molar-refractivity contribution in [2.24, 2.45) is 5.92 Å². The van der Waals surface area contributed by atoms with Crippen LogP contribution in [-0.2, 0) is 4.79 Å². The van der Waals surface area contributed by atoms with Gasteiger partial charge in [-0.25, -0.2) is 0 Å². The molecule has 1 saturated heterocycles. The molecule has 1 aliphatic rings. The van der Waals surface area contributed by atoms with Gasteiger partial charge in [-0.05, 0) is 62.1 Å². The zero-order chi connectivity index (χ0) is 18.5. The summed E-state index contributed by atoms with van der Waals surface area (Å²) in [4.78, 5) is 14.8. The third kappa shape index (κ3) is 4.70. The molecular weight excluding hydrogens is 346 g/mol. The first-order chi connectivity index (χ1) is 12.5. The predicted molar refractivity (Wildman–Crippen MR) is 110 cm³/mol. The monoisotopic (exact) mass is 371 g/mol. The number of halogens is 1. The molecule has 1 atom stereocenters. The highest BCUT2D eigenvalue weighted by atomic mass is 35.5. The lowest BCUT2D eigenvalue weighted by Gasteiger charge is -2.32. The summed E-state index contributed by atoms with van der Waals surface area (Å²) in [5.74, 6) is 0.705. The number of amides is 1. The Morgan fingerprint density at radius 3 is 2.42 bits per heavy atom. The lowest BCUT2D eigenvalue weighted by molar-refractivity contribution is -0.116. The molecule has 1 amide bonds. The molecule has 1 aliphatic heterocycles. The van der Waals surface area contributed by atoms with E-state index in [0.717, 1.165) is 24.7 Å². The van der Waals surface area contributed by atoms with Gasteiger partial charge in [0.15, 0.2) is 0 Å². The number of hydrogen-bond donors (Lipinski definition) is 2. The lowest BCUT2D eigenvalue weighted by atomic mass is 9.99. The molecule has 0 spiro atoms. The third-order valence-corrected chi connectivity index (χ3v) is 5.25. The highest BCUT2D eigenvalue weighted by Crippen LogP contribution is 2.25. The van der Waals surface area contributed by atoms with Gasteiger partial charge < -0.3 is 15.5 Å². The summed E-state index contributed by atoms with van der Waals surface area (Å²) in [5, 5.41) is 6.64. The Hall–Kier alpha value is -2.20. The van der Waals surface area contributed by atoms with Crippen molar-refractivity contribution in [3.05, 3.63) is 53.6 Å². The summed E-state index contributed by atoms with van der Waals surface area (Å²) >= 11 is 6.09. The Morgan fingerprint density at radius 1 is 1.12 bits per heavy atom. The fourth-order valence-electron chi connectivity index (χ4n) is 3.15. The third-order valence-electron chi connectivity index (χ3n) is 4.92. The topological polar surface area (TPSA) is 44.4 Å². The largest absolute Gasteiger partial charge is 0.374 e. The molecule has 2 aromatic rings. The first-order valence-electron chi connectivity index (χ1n) is 9.20. The molecule has 138 valence electrons. The van der Waals surface area contributed by atoms with Gasteiger partial charge in [-0.3, -0.25) is 4.79 Å². The number of para-hydroxylation sites is 1. The van der Waals surface area contributed by atoms with Crippen molar-refractivity contribution in [1.29, 1.82) is 0 Å². The van der Waals surface area contributed by atoms with E-state index in [2.05, 4.69) is 34.6 Å². The summed E-state index contributed by atoms with van der Waals surface area (Å²) in [5.41, 5.74) is 2.80. The number of hydrogen-bond acceptors (Lipinski definition) is 3. The average molecular weight is 372 g/mol. The smallest absolute Gasteiger partial charge is 0.246 e. The van der Waals surface area contributed by atoms with Crippen molar-refractivity contribution in [3.63, 3.8) is 0 Å². The number of carbonyl (C=O) groups excluding carboxylic acids is 1. The molecule has 2 N–H and O–H groups in total. The Labute approximate surface area is 160 Å². The molecule has 0 aromatic heterocycles. The van der Waals surface area contributed by atoms with E-state index in [4.69, 9.17) is 11.6 Å². The molecule has 3 rings (SSSR count). The maximum absolute atomic E-state index is 12.4. The quantitative estimate of drug-likeness (QED) is 0.776. The van der Waals surface area contributed by atoms with Crippen LogP contribution in [0.15, 0.2) is 48.5 Å². The average Bonchev–Trinajstić information content (AvgIpc) is 2.65. The molecule has 1 heterocycles. The fourth-order valence-corrected chi connectivity index (χ4v) is 3.34. The molecule has 4 nitrogen and oxygen atoms in total. The summed E-state index contributed by atoms with van der Waals surface area (Å²) in [6, 6.07) is 15.2. The van der Waals surface area contributed by atoms with Crippen molar-refractivity contribution >= 4 is 34.6 Å². The Morgan fingerprint density at radius 2 is 1.77 bits per heavy atom. The van der Waals surface area contributed by atoms with E-state index in [-0.39, 0.29) is 11.9 Å². The molecule has 0 aliphatic carbocycles. The second-order valence-corrected chi connectivity index (χ2v) is 7.46. The van der Waals surface area contributed by atoms with Crippen molar-refractivity contribution in [3.8, 4) is 0 Å². The fraction of sp³-hybridized carbons (Fsp3) is 0.381. The summed E-state index contributed by atoms with van der Waals surface area (Å²) < 4.78 is 0. The number of anilines is 3. The molecule has 5 heteroatoms. The minimum absolute atomic E-state index is 0.118. The predicted octanol–water partition coefficient (Wildman–Crippen LogP) is 5.02. The van der Waals surface area contributed by atoms with Crippen LogP contribution in [0.3, 0.4) is 0 Å². The molecule has 0 bridgehead atoms. The zero-order valence-corrected chi connectivity index (χ0v) is 16.1. The van der Waals surface area contributed by atoms with Crippen molar-refractivity contribution in [2.75, 3.05) is 28.6 Å². The SMILES string of the molecule is CC1CCN(c2ccc(N[C@@H](C)C(=O)Nc3ccccc3Cl)cc2)CC1. The van der Waals surface area contributed by atoms with E-state index in [1.165, 1.54) is 18.5 Å². The molecule has 1 fully saturated rings. The number of nitrogens with zero attached hydrogens (tertiary/aromatic N) is 1. The standard InChI is InChI=1S/C21H26ClN3O/c1-15-11-13-25(14-12-15)18-9-7-17(8-10-18)23-16(2)21(26)24-20-6-4-3-5-19(20)22/h3-10,15-16,23H,11-14H2,1-2H3,(H,24,26)/t16-/m0/s1. The molecule has 0 radical (unpaired) electrons. The second kappa shape index (κ2) is 8.45. The first-order valence-corrected chi connectivity index (χ1v) is 9.57. The van der Waals surface area contributed by atoms with Crippen LogP contribution < -0.4 is 15.5 Å². The van der Waals surface area contributed by atoms with Crippen LogP contribution >= 0.6 is 11.6 Å². The van der Waals surface area contributed by atoms with E-state index >= 15 is 0 Å². The molecule has 0 saturated carbocycles. The zero-order valence-electron chi connectivity index (χ0n) is 15.3. The highest BCUT2D eigenvalue weighted by Gasteiger charge is 2.17. The van der Waals surface area contributed by atoms with Crippen molar-refractivity contribution in [1.82, 2.24) is 0 Å². The number of nitrogens with one attached hydrogen (secondary N) is 2. The van der Waals surface area contributed by atoms with E-state index in [1.54, 1.807) is 12.1 Å². The van der Waals surface area contributed by atoms with E-state index in [1.807, 2.05) is 31.2 Å². The minimum Gasteiger partial charge on any atom is -0.374 e. The highest BCUT2D eigenvalue weighted by molar-refractivity contribution is 6.33. The van der Waals surface area contributed by atoms with Gasteiger partial charge in [-0.15, -0.1) is 0 Å². The minimum atomic E-state index is -0.368. The van der Waals surface area contributed by atoms with Crippen LogP contribution in [0, 0.1) is 5.92 Å². The Bertz CT molecular complexity index is 739. The van der Waals surface area contributed by atoms with Crippen LogP contribution in [-0.4, -0.2) is 25.0 Å². The molecule has 0 unspecified atom stereocenters. The van der Waals surface area contributed by atoms with Gasteiger partial charge in [0.25, 0.3) is 0 Å². The number of carbonyl (C=O) groups is 1. The molecule has 2 aromatic carbocycles. The lowest BCUT2D eigenvalue weighted by Crippen LogP contribution is -2.33. The number of piperidine rings is 1. The van der Waals surface area contributed by atoms with Crippen LogP contribution in [0.25, 0.3) is 0 Å². The van der Waals surface area contributed by atoms with E-state index < -0.39 is 0 Å². The number of benzene rings is 2. The van der Waals surface area contributed by atoms with Crippen molar-refractivity contribution < 1.29 is 4.79 Å². The maximum Gasteiger partial charge on any atom is 0.246 e. The normalized spacial score (nSPS) is 16.2. The van der Waals surface area contributed by atoms with Gasteiger partial charge in [0.1, 0.15) is 6.04 Å². The van der Waals surface area contributed by atoms with Crippen LogP contribution in [0.4, 0.5) is 17.1 Å².